The maximum Gasteiger partial charge on any atom is 0.0635 e. The molecule has 0 N–H and O–H groups in total. The summed E-state index contributed by atoms with van der Waals surface area (Å²) in [6.45, 7) is 6.65. The molecule has 2 heteroatoms. The van der Waals surface area contributed by atoms with Crippen molar-refractivity contribution >= 4 is 0 Å². The van der Waals surface area contributed by atoms with E-state index in [-0.39, 0.29) is 0 Å². The summed E-state index contributed by atoms with van der Waals surface area (Å²) < 4.78 is 0. The van der Waals surface area contributed by atoms with Gasteiger partial charge in [-0.1, -0.05) is 26.7 Å². The predicted molar refractivity (Wildman–Crippen MR) is 58.9 cm³/mol. The molecule has 1 rings (SSSR count). The van der Waals surface area contributed by atoms with Crippen molar-refractivity contribution < 1.29 is 0 Å². The lowest BCUT2D eigenvalue weighted by Gasteiger charge is -2.29. The Labute approximate surface area is 87.9 Å². The Morgan fingerprint density at radius 2 is 2.00 bits per heavy atom. The van der Waals surface area contributed by atoms with Crippen molar-refractivity contribution in [3.8, 4) is 6.07 Å². The Morgan fingerprint density at radius 1 is 1.36 bits per heavy atom. The summed E-state index contributed by atoms with van der Waals surface area (Å²) in [7, 11) is 0. The molecule has 1 saturated carbocycles. The molecular formula is C12H22N2. The molecule has 0 atom stereocenters. The normalized spacial score (nSPS) is 17.9. The van der Waals surface area contributed by atoms with Crippen LogP contribution in [0.3, 0.4) is 0 Å². The van der Waals surface area contributed by atoms with Gasteiger partial charge in [0, 0.05) is 25.6 Å². The van der Waals surface area contributed by atoms with Crippen molar-refractivity contribution in [1.29, 1.82) is 5.26 Å². The third-order valence-electron chi connectivity index (χ3n) is 2.95. The first-order chi connectivity index (χ1) is 6.74. The molecule has 0 aromatic rings. The molecule has 0 spiro atoms. The van der Waals surface area contributed by atoms with Crippen LogP contribution in [-0.2, 0) is 0 Å². The van der Waals surface area contributed by atoms with Crippen molar-refractivity contribution in [3.05, 3.63) is 0 Å². The minimum Gasteiger partial charge on any atom is -0.299 e. The Kier molecular flexibility index (Phi) is 4.97. The molecule has 0 unspecified atom stereocenters. The zero-order valence-corrected chi connectivity index (χ0v) is 9.50. The Bertz CT molecular complexity index is 187. The van der Waals surface area contributed by atoms with Gasteiger partial charge in [-0.25, -0.2) is 0 Å². The third kappa shape index (κ3) is 3.67. The van der Waals surface area contributed by atoms with Crippen molar-refractivity contribution in [2.45, 2.75) is 52.0 Å². The Hall–Kier alpha value is -0.550. The molecule has 0 aliphatic heterocycles. The lowest BCUT2D eigenvalue weighted by atomic mass is 10.1. The lowest BCUT2D eigenvalue weighted by Crippen LogP contribution is -2.36. The van der Waals surface area contributed by atoms with Crippen LogP contribution in [0, 0.1) is 17.2 Å². The number of rotatable bonds is 5. The third-order valence-corrected chi connectivity index (χ3v) is 2.95. The minimum atomic E-state index is 0.684. The number of hydrogen-bond donors (Lipinski definition) is 0. The van der Waals surface area contributed by atoms with Gasteiger partial charge in [-0.3, -0.25) is 4.90 Å². The lowest BCUT2D eigenvalue weighted by molar-refractivity contribution is 0.181. The fourth-order valence-corrected chi connectivity index (χ4v) is 2.35. The fourth-order valence-electron chi connectivity index (χ4n) is 2.35. The molecule has 0 saturated heterocycles. The summed E-state index contributed by atoms with van der Waals surface area (Å²) in [5.41, 5.74) is 0. The van der Waals surface area contributed by atoms with E-state index in [1.165, 1.54) is 25.7 Å². The summed E-state index contributed by atoms with van der Waals surface area (Å²) >= 11 is 0. The summed E-state index contributed by atoms with van der Waals surface area (Å²) in [4.78, 5) is 2.53. The highest BCUT2D eigenvalue weighted by atomic mass is 15.2. The molecule has 1 aliphatic rings. The van der Waals surface area contributed by atoms with Gasteiger partial charge in [0.2, 0.25) is 0 Å². The van der Waals surface area contributed by atoms with E-state index in [1.807, 2.05) is 0 Å². The smallest absolute Gasteiger partial charge is 0.0635 e. The second-order valence-electron chi connectivity index (χ2n) is 4.74. The standard InChI is InChI=1S/C12H22N2/c1-11(2)10-14(9-5-8-13)12-6-3-4-7-12/h11-12H,3-7,9-10H2,1-2H3. The average Bonchev–Trinajstić information content (AvgIpc) is 2.64. The van der Waals surface area contributed by atoms with E-state index in [9.17, 15) is 0 Å². The van der Waals surface area contributed by atoms with Crippen molar-refractivity contribution in [2.24, 2.45) is 5.92 Å². The largest absolute Gasteiger partial charge is 0.299 e. The van der Waals surface area contributed by atoms with Gasteiger partial charge in [0.05, 0.1) is 6.07 Å². The first-order valence-corrected chi connectivity index (χ1v) is 5.85. The van der Waals surface area contributed by atoms with Crippen LogP contribution in [-0.4, -0.2) is 24.0 Å². The first kappa shape index (κ1) is 11.5. The van der Waals surface area contributed by atoms with Crippen LogP contribution in [0.4, 0.5) is 0 Å². The molecular weight excluding hydrogens is 172 g/mol. The molecule has 0 aromatic heterocycles. The SMILES string of the molecule is CC(C)CN(CCC#N)C1CCCC1. The predicted octanol–water partition coefficient (Wildman–Crippen LogP) is 2.80. The van der Waals surface area contributed by atoms with Crippen LogP contribution in [0.1, 0.15) is 46.0 Å². The second-order valence-corrected chi connectivity index (χ2v) is 4.74. The van der Waals surface area contributed by atoms with Crippen molar-refractivity contribution in [1.82, 2.24) is 4.90 Å². The van der Waals surface area contributed by atoms with Gasteiger partial charge >= 0.3 is 0 Å². The Balaban J connectivity index is 2.38. The van der Waals surface area contributed by atoms with E-state index < -0.39 is 0 Å². The quantitative estimate of drug-likeness (QED) is 0.673. The van der Waals surface area contributed by atoms with Gasteiger partial charge in [-0.2, -0.15) is 5.26 Å². The van der Waals surface area contributed by atoms with Crippen LogP contribution in [0.2, 0.25) is 0 Å². The minimum absolute atomic E-state index is 0.684. The van der Waals surface area contributed by atoms with Crippen LogP contribution in [0.25, 0.3) is 0 Å². The molecule has 0 bridgehead atoms. The van der Waals surface area contributed by atoms with E-state index in [0.29, 0.717) is 12.3 Å². The number of nitriles is 1. The van der Waals surface area contributed by atoms with Crippen LogP contribution < -0.4 is 0 Å². The number of nitrogens with zero attached hydrogens (tertiary/aromatic N) is 2. The van der Waals surface area contributed by atoms with Gasteiger partial charge in [0.1, 0.15) is 0 Å². The monoisotopic (exact) mass is 194 g/mol. The molecule has 0 aromatic carbocycles. The van der Waals surface area contributed by atoms with Gasteiger partial charge in [0.15, 0.2) is 0 Å². The highest BCUT2D eigenvalue weighted by Gasteiger charge is 2.22. The topological polar surface area (TPSA) is 27.0 Å². The summed E-state index contributed by atoms with van der Waals surface area (Å²) in [6.07, 6.45) is 6.14. The van der Waals surface area contributed by atoms with Crippen LogP contribution in [0.15, 0.2) is 0 Å². The van der Waals surface area contributed by atoms with E-state index >= 15 is 0 Å². The Morgan fingerprint density at radius 3 is 2.50 bits per heavy atom. The molecule has 14 heavy (non-hydrogen) atoms. The number of hydrogen-bond acceptors (Lipinski definition) is 2. The van der Waals surface area contributed by atoms with E-state index in [4.69, 9.17) is 5.26 Å². The summed E-state index contributed by atoms with van der Waals surface area (Å²) in [5.74, 6) is 0.717. The highest BCUT2D eigenvalue weighted by molar-refractivity contribution is 4.81. The van der Waals surface area contributed by atoms with Crippen molar-refractivity contribution in [3.63, 3.8) is 0 Å². The molecule has 2 nitrogen and oxygen atoms in total. The van der Waals surface area contributed by atoms with Crippen molar-refractivity contribution in [2.75, 3.05) is 13.1 Å². The van der Waals surface area contributed by atoms with Gasteiger partial charge < -0.3 is 0 Å². The second kappa shape index (κ2) is 6.03. The van der Waals surface area contributed by atoms with E-state index in [2.05, 4.69) is 24.8 Å². The summed E-state index contributed by atoms with van der Waals surface area (Å²) in [5, 5.41) is 8.62. The highest BCUT2D eigenvalue weighted by Crippen LogP contribution is 2.24. The van der Waals surface area contributed by atoms with Gasteiger partial charge in [0.25, 0.3) is 0 Å². The average molecular weight is 194 g/mol. The van der Waals surface area contributed by atoms with Crippen LogP contribution >= 0.6 is 0 Å². The molecule has 0 heterocycles. The molecule has 80 valence electrons. The first-order valence-electron chi connectivity index (χ1n) is 5.85. The zero-order chi connectivity index (χ0) is 10.4. The maximum atomic E-state index is 8.62. The molecule has 1 aliphatic carbocycles. The molecule has 1 fully saturated rings. The summed E-state index contributed by atoms with van der Waals surface area (Å²) in [6, 6.07) is 3.02. The zero-order valence-electron chi connectivity index (χ0n) is 9.50. The fraction of sp³-hybridized carbons (Fsp3) is 0.917. The van der Waals surface area contributed by atoms with E-state index in [0.717, 1.165) is 19.1 Å². The molecule has 0 amide bonds. The van der Waals surface area contributed by atoms with Gasteiger partial charge in [-0.05, 0) is 18.8 Å². The van der Waals surface area contributed by atoms with E-state index in [1.54, 1.807) is 0 Å². The maximum absolute atomic E-state index is 8.62. The molecule has 0 radical (unpaired) electrons. The van der Waals surface area contributed by atoms with Gasteiger partial charge in [-0.15, -0.1) is 0 Å². The van der Waals surface area contributed by atoms with Crippen LogP contribution in [0.5, 0.6) is 0 Å².